The van der Waals surface area contributed by atoms with Crippen LogP contribution in [-0.4, -0.2) is 13.3 Å². The lowest BCUT2D eigenvalue weighted by atomic mass is 10.1. The molecule has 0 bridgehead atoms. The maximum atomic E-state index is 12.7. The Morgan fingerprint density at radius 2 is 1.58 bits per heavy atom. The molecular formula is C19H15NO5S. The van der Waals surface area contributed by atoms with Gasteiger partial charge in [0, 0.05) is 17.7 Å². The second kappa shape index (κ2) is 6.97. The Bertz CT molecular complexity index is 1060. The van der Waals surface area contributed by atoms with Crippen molar-refractivity contribution >= 4 is 15.8 Å². The summed E-state index contributed by atoms with van der Waals surface area (Å²) in [5.74, 6) is 0.191. The van der Waals surface area contributed by atoms with Crippen LogP contribution in [0.4, 0.5) is 5.69 Å². The average molecular weight is 369 g/mol. The lowest BCUT2D eigenvalue weighted by Crippen LogP contribution is -2.12. The molecule has 3 aromatic rings. The Kier molecular flexibility index (Phi) is 4.73. The van der Waals surface area contributed by atoms with Crippen LogP contribution in [0.15, 0.2) is 77.7 Å². The standard InChI is InChI=1S/C19H15NO5S/c1-14-13-16(20(21)22)11-12-19(14)26(23,24)25-18-10-6-5-9-17(18)15-7-3-2-4-8-15/h2-13H,1H3. The topological polar surface area (TPSA) is 86.5 Å². The number of hydrogen-bond donors (Lipinski definition) is 0. The number of benzene rings is 3. The third kappa shape index (κ3) is 3.57. The molecule has 3 aromatic carbocycles. The van der Waals surface area contributed by atoms with Crippen molar-refractivity contribution in [1.82, 2.24) is 0 Å². The van der Waals surface area contributed by atoms with Crippen LogP contribution in [0.3, 0.4) is 0 Å². The number of rotatable bonds is 5. The Hall–Kier alpha value is -3.19. The molecule has 132 valence electrons. The monoisotopic (exact) mass is 369 g/mol. The van der Waals surface area contributed by atoms with E-state index in [1.54, 1.807) is 24.3 Å². The first-order valence-electron chi connectivity index (χ1n) is 7.72. The summed E-state index contributed by atoms with van der Waals surface area (Å²) in [5.41, 5.74) is 1.53. The van der Waals surface area contributed by atoms with Crippen LogP contribution in [0.25, 0.3) is 11.1 Å². The zero-order valence-electron chi connectivity index (χ0n) is 13.8. The van der Waals surface area contributed by atoms with Gasteiger partial charge in [-0.2, -0.15) is 8.42 Å². The summed E-state index contributed by atoms with van der Waals surface area (Å²) in [6.45, 7) is 1.49. The van der Waals surface area contributed by atoms with Gasteiger partial charge < -0.3 is 4.18 Å². The summed E-state index contributed by atoms with van der Waals surface area (Å²) >= 11 is 0. The molecule has 0 saturated heterocycles. The van der Waals surface area contributed by atoms with E-state index in [1.165, 1.54) is 19.1 Å². The molecule has 0 aromatic heterocycles. The minimum atomic E-state index is -4.14. The van der Waals surface area contributed by atoms with E-state index in [4.69, 9.17) is 4.18 Å². The normalized spacial score (nSPS) is 11.1. The van der Waals surface area contributed by atoms with Crippen molar-refractivity contribution in [1.29, 1.82) is 0 Å². The molecule has 0 atom stereocenters. The zero-order chi connectivity index (χ0) is 18.7. The Labute approximate surface area is 151 Å². The van der Waals surface area contributed by atoms with Crippen LogP contribution in [0.5, 0.6) is 5.75 Å². The number of para-hydroxylation sites is 1. The molecule has 0 heterocycles. The summed E-state index contributed by atoms with van der Waals surface area (Å²) in [6, 6.07) is 19.6. The number of nitro groups is 1. The molecule has 0 saturated carbocycles. The van der Waals surface area contributed by atoms with E-state index in [9.17, 15) is 18.5 Å². The van der Waals surface area contributed by atoms with Gasteiger partial charge in [0.15, 0.2) is 5.75 Å². The highest BCUT2D eigenvalue weighted by molar-refractivity contribution is 7.87. The van der Waals surface area contributed by atoms with Gasteiger partial charge in [0.25, 0.3) is 5.69 Å². The number of nitro benzene ring substituents is 1. The van der Waals surface area contributed by atoms with E-state index >= 15 is 0 Å². The second-order valence-corrected chi connectivity index (χ2v) is 7.12. The van der Waals surface area contributed by atoms with Gasteiger partial charge in [-0.25, -0.2) is 0 Å². The van der Waals surface area contributed by atoms with Crippen molar-refractivity contribution < 1.29 is 17.5 Å². The molecule has 0 fully saturated rings. The smallest absolute Gasteiger partial charge is 0.339 e. The lowest BCUT2D eigenvalue weighted by Gasteiger charge is -2.13. The molecule has 0 aliphatic heterocycles. The SMILES string of the molecule is Cc1cc([N+](=O)[O-])ccc1S(=O)(=O)Oc1ccccc1-c1ccccc1. The summed E-state index contributed by atoms with van der Waals surface area (Å²) in [6.07, 6.45) is 0. The Morgan fingerprint density at radius 3 is 2.23 bits per heavy atom. The molecule has 0 aliphatic carbocycles. The fourth-order valence-electron chi connectivity index (χ4n) is 2.59. The van der Waals surface area contributed by atoms with Gasteiger partial charge in [0.2, 0.25) is 0 Å². The third-order valence-corrected chi connectivity index (χ3v) is 5.21. The van der Waals surface area contributed by atoms with Gasteiger partial charge >= 0.3 is 10.1 Å². The Morgan fingerprint density at radius 1 is 0.923 bits per heavy atom. The molecule has 0 amide bonds. The Balaban J connectivity index is 2.01. The predicted octanol–water partition coefficient (Wildman–Crippen LogP) is 4.34. The third-order valence-electron chi connectivity index (χ3n) is 3.81. The molecule has 26 heavy (non-hydrogen) atoms. The molecule has 0 N–H and O–H groups in total. The van der Waals surface area contributed by atoms with E-state index in [-0.39, 0.29) is 21.9 Å². The van der Waals surface area contributed by atoms with Crippen LogP contribution < -0.4 is 4.18 Å². The van der Waals surface area contributed by atoms with Gasteiger partial charge in [-0.15, -0.1) is 0 Å². The number of hydrogen-bond acceptors (Lipinski definition) is 5. The second-order valence-electron chi connectivity index (χ2n) is 5.61. The van der Waals surface area contributed by atoms with Crippen molar-refractivity contribution in [2.45, 2.75) is 11.8 Å². The molecule has 0 spiro atoms. The van der Waals surface area contributed by atoms with Crippen LogP contribution >= 0.6 is 0 Å². The molecule has 0 unspecified atom stereocenters. The van der Waals surface area contributed by atoms with Gasteiger partial charge in [-0.3, -0.25) is 10.1 Å². The van der Waals surface area contributed by atoms with Gasteiger partial charge in [-0.05, 0) is 30.2 Å². The maximum absolute atomic E-state index is 12.7. The molecule has 6 nitrogen and oxygen atoms in total. The quantitative estimate of drug-likeness (QED) is 0.379. The van der Waals surface area contributed by atoms with Crippen molar-refractivity contribution in [2.75, 3.05) is 0 Å². The van der Waals surface area contributed by atoms with E-state index in [0.717, 1.165) is 11.6 Å². The minimum absolute atomic E-state index is 0.106. The van der Waals surface area contributed by atoms with Gasteiger partial charge in [0.1, 0.15) is 4.90 Å². The van der Waals surface area contributed by atoms with E-state index in [2.05, 4.69) is 0 Å². The fourth-order valence-corrected chi connectivity index (χ4v) is 3.75. The van der Waals surface area contributed by atoms with E-state index in [0.29, 0.717) is 5.56 Å². The van der Waals surface area contributed by atoms with Crippen LogP contribution in [-0.2, 0) is 10.1 Å². The highest BCUT2D eigenvalue weighted by Gasteiger charge is 2.22. The van der Waals surface area contributed by atoms with Crippen LogP contribution in [0.1, 0.15) is 5.56 Å². The molecule has 7 heteroatoms. The van der Waals surface area contributed by atoms with Crippen molar-refractivity contribution in [3.05, 3.63) is 88.5 Å². The lowest BCUT2D eigenvalue weighted by molar-refractivity contribution is -0.385. The highest BCUT2D eigenvalue weighted by Crippen LogP contribution is 2.32. The molecule has 0 aliphatic rings. The number of nitrogens with zero attached hydrogens (tertiary/aromatic N) is 1. The first-order valence-corrected chi connectivity index (χ1v) is 9.13. The molecule has 0 radical (unpaired) electrons. The van der Waals surface area contributed by atoms with Crippen LogP contribution in [0.2, 0.25) is 0 Å². The van der Waals surface area contributed by atoms with E-state index < -0.39 is 15.0 Å². The summed E-state index contributed by atoms with van der Waals surface area (Å²) in [7, 11) is -4.14. The zero-order valence-corrected chi connectivity index (χ0v) is 14.6. The fraction of sp³-hybridized carbons (Fsp3) is 0.0526. The van der Waals surface area contributed by atoms with Crippen molar-refractivity contribution in [2.24, 2.45) is 0 Å². The highest BCUT2D eigenvalue weighted by atomic mass is 32.2. The molecule has 3 rings (SSSR count). The van der Waals surface area contributed by atoms with Crippen LogP contribution in [0, 0.1) is 17.0 Å². The average Bonchev–Trinajstić information content (AvgIpc) is 2.62. The summed E-state index contributed by atoms with van der Waals surface area (Å²) < 4.78 is 30.7. The molecular weight excluding hydrogens is 354 g/mol. The summed E-state index contributed by atoms with van der Waals surface area (Å²) in [4.78, 5) is 10.2. The number of non-ortho nitro benzene ring substituents is 1. The van der Waals surface area contributed by atoms with Crippen molar-refractivity contribution in [3.63, 3.8) is 0 Å². The predicted molar refractivity (Wildman–Crippen MR) is 97.5 cm³/mol. The van der Waals surface area contributed by atoms with E-state index in [1.807, 2.05) is 30.3 Å². The largest absolute Gasteiger partial charge is 0.378 e. The first kappa shape index (κ1) is 17.6. The van der Waals surface area contributed by atoms with Gasteiger partial charge in [-0.1, -0.05) is 48.5 Å². The summed E-state index contributed by atoms with van der Waals surface area (Å²) in [5, 5.41) is 10.8. The maximum Gasteiger partial charge on any atom is 0.339 e. The first-order chi connectivity index (χ1) is 12.4. The minimum Gasteiger partial charge on any atom is -0.378 e. The van der Waals surface area contributed by atoms with Gasteiger partial charge in [0.05, 0.1) is 4.92 Å². The van der Waals surface area contributed by atoms with Crippen molar-refractivity contribution in [3.8, 4) is 16.9 Å². The number of aryl methyl sites for hydroxylation is 1.